The van der Waals surface area contributed by atoms with Gasteiger partial charge in [0, 0.05) is 13.0 Å². The lowest BCUT2D eigenvalue weighted by Gasteiger charge is -2.00. The molecule has 0 saturated carbocycles. The molecule has 1 aromatic heterocycles. The molecule has 4 heteroatoms. The minimum absolute atomic E-state index is 0.647. The molecule has 0 aromatic carbocycles. The van der Waals surface area contributed by atoms with E-state index in [4.69, 9.17) is 0 Å². The second kappa shape index (κ2) is 4.64. The van der Waals surface area contributed by atoms with Crippen molar-refractivity contribution < 1.29 is 4.79 Å². The van der Waals surface area contributed by atoms with Crippen LogP contribution in [-0.2, 0) is 11.3 Å². The zero-order chi connectivity index (χ0) is 8.81. The van der Waals surface area contributed by atoms with Crippen LogP contribution in [0.2, 0.25) is 0 Å². The number of aromatic nitrogens is 3. The lowest BCUT2D eigenvalue weighted by molar-refractivity contribution is -0.107. The fraction of sp³-hybridized carbons (Fsp3) is 0.625. The minimum atomic E-state index is 0.647. The Morgan fingerprint density at radius 3 is 3.00 bits per heavy atom. The molecule has 0 amide bonds. The average molecular weight is 167 g/mol. The molecule has 1 heterocycles. The molecule has 0 N–H and O–H groups in total. The summed E-state index contributed by atoms with van der Waals surface area (Å²) in [4.78, 5) is 10.00. The van der Waals surface area contributed by atoms with Gasteiger partial charge in [0.25, 0.3) is 0 Å². The van der Waals surface area contributed by atoms with Crippen molar-refractivity contribution in [2.45, 2.75) is 32.7 Å². The van der Waals surface area contributed by atoms with Crippen LogP contribution in [0.25, 0.3) is 0 Å². The number of rotatable bonds is 5. The zero-order valence-electron chi connectivity index (χ0n) is 7.23. The molecular weight excluding hydrogens is 154 g/mol. The van der Waals surface area contributed by atoms with Crippen LogP contribution < -0.4 is 0 Å². The van der Waals surface area contributed by atoms with Gasteiger partial charge < -0.3 is 4.79 Å². The van der Waals surface area contributed by atoms with E-state index in [9.17, 15) is 4.79 Å². The fourth-order valence-electron chi connectivity index (χ4n) is 1.02. The van der Waals surface area contributed by atoms with Gasteiger partial charge in [0.1, 0.15) is 6.29 Å². The summed E-state index contributed by atoms with van der Waals surface area (Å²) in [6.45, 7) is 2.83. The average Bonchev–Trinajstić information content (AvgIpc) is 2.46. The summed E-state index contributed by atoms with van der Waals surface area (Å²) in [5, 5.41) is 7.66. The van der Waals surface area contributed by atoms with Gasteiger partial charge in [-0.05, 0) is 19.8 Å². The molecule has 0 spiro atoms. The first-order chi connectivity index (χ1) is 5.84. The van der Waals surface area contributed by atoms with Crippen LogP contribution in [0.1, 0.15) is 25.0 Å². The first-order valence-electron chi connectivity index (χ1n) is 4.13. The highest BCUT2D eigenvalue weighted by Crippen LogP contribution is 1.99. The predicted octanol–water partition coefficient (Wildman–Crippen LogP) is 0.956. The van der Waals surface area contributed by atoms with Crippen LogP contribution in [0, 0.1) is 6.92 Å². The van der Waals surface area contributed by atoms with Crippen LogP contribution in [0.15, 0.2) is 6.20 Å². The Morgan fingerprint density at radius 2 is 2.42 bits per heavy atom. The summed E-state index contributed by atoms with van der Waals surface area (Å²) >= 11 is 0. The molecule has 1 aromatic rings. The van der Waals surface area contributed by atoms with Gasteiger partial charge >= 0.3 is 0 Å². The Kier molecular flexibility index (Phi) is 3.44. The van der Waals surface area contributed by atoms with Crippen LogP contribution >= 0.6 is 0 Å². The quantitative estimate of drug-likeness (QED) is 0.484. The molecule has 0 aliphatic carbocycles. The van der Waals surface area contributed by atoms with E-state index in [1.807, 2.05) is 11.6 Å². The van der Waals surface area contributed by atoms with E-state index in [0.717, 1.165) is 31.4 Å². The molecule has 0 aliphatic rings. The molecule has 4 nitrogen and oxygen atoms in total. The van der Waals surface area contributed by atoms with Gasteiger partial charge in [-0.1, -0.05) is 5.21 Å². The van der Waals surface area contributed by atoms with Gasteiger partial charge in [-0.3, -0.25) is 0 Å². The van der Waals surface area contributed by atoms with Crippen LogP contribution in [0.4, 0.5) is 0 Å². The Bertz CT molecular complexity index is 244. The molecule has 0 aliphatic heterocycles. The summed E-state index contributed by atoms with van der Waals surface area (Å²) in [6, 6.07) is 0. The number of aldehydes is 1. The highest BCUT2D eigenvalue weighted by Gasteiger charge is 1.96. The Balaban J connectivity index is 2.24. The molecule has 1 rings (SSSR count). The smallest absolute Gasteiger partial charge is 0.119 e. The molecule has 0 fully saturated rings. The summed E-state index contributed by atoms with van der Waals surface area (Å²) < 4.78 is 1.85. The Morgan fingerprint density at radius 1 is 1.58 bits per heavy atom. The van der Waals surface area contributed by atoms with Crippen LogP contribution in [0.5, 0.6) is 0 Å². The highest BCUT2D eigenvalue weighted by atomic mass is 16.1. The van der Waals surface area contributed by atoms with E-state index in [0.29, 0.717) is 6.42 Å². The lowest BCUT2D eigenvalue weighted by Crippen LogP contribution is -2.02. The molecule has 0 atom stereocenters. The van der Waals surface area contributed by atoms with Gasteiger partial charge in [-0.2, -0.15) is 0 Å². The fourth-order valence-corrected chi connectivity index (χ4v) is 1.02. The number of nitrogens with zero attached hydrogens (tertiary/aromatic N) is 3. The highest BCUT2D eigenvalue weighted by molar-refractivity contribution is 5.48. The largest absolute Gasteiger partial charge is 0.303 e. The third-order valence-corrected chi connectivity index (χ3v) is 1.75. The first-order valence-corrected chi connectivity index (χ1v) is 4.13. The summed E-state index contributed by atoms with van der Waals surface area (Å²) in [7, 11) is 0. The zero-order valence-corrected chi connectivity index (χ0v) is 7.23. The van der Waals surface area contributed by atoms with Crippen LogP contribution in [-0.4, -0.2) is 21.3 Å². The van der Waals surface area contributed by atoms with Crippen molar-refractivity contribution in [1.82, 2.24) is 15.0 Å². The maximum Gasteiger partial charge on any atom is 0.119 e. The summed E-state index contributed by atoms with van der Waals surface area (Å²) in [6.07, 6.45) is 5.26. The topological polar surface area (TPSA) is 47.8 Å². The number of carbonyl (C=O) groups excluding carboxylic acids is 1. The second-order valence-corrected chi connectivity index (χ2v) is 2.76. The van der Waals surface area contributed by atoms with E-state index in [1.54, 1.807) is 6.20 Å². The van der Waals surface area contributed by atoms with Crippen molar-refractivity contribution in [3.8, 4) is 0 Å². The minimum Gasteiger partial charge on any atom is -0.303 e. The van der Waals surface area contributed by atoms with Crippen LogP contribution in [0.3, 0.4) is 0 Å². The number of carbonyl (C=O) groups is 1. The van der Waals surface area contributed by atoms with Crippen molar-refractivity contribution in [3.05, 3.63) is 11.9 Å². The van der Waals surface area contributed by atoms with E-state index in [-0.39, 0.29) is 0 Å². The number of hydrogen-bond acceptors (Lipinski definition) is 3. The Hall–Kier alpha value is -1.19. The third-order valence-electron chi connectivity index (χ3n) is 1.75. The molecule has 0 radical (unpaired) electrons. The summed E-state index contributed by atoms with van der Waals surface area (Å²) in [5.74, 6) is 0. The van der Waals surface area contributed by atoms with Gasteiger partial charge in [0.15, 0.2) is 0 Å². The number of hydrogen-bond donors (Lipinski definition) is 0. The summed E-state index contributed by atoms with van der Waals surface area (Å²) in [5.41, 5.74) is 1.07. The number of aryl methyl sites for hydroxylation is 2. The molecule has 0 unspecified atom stereocenters. The van der Waals surface area contributed by atoms with E-state index in [1.165, 1.54) is 0 Å². The van der Waals surface area contributed by atoms with Gasteiger partial charge in [-0.15, -0.1) is 5.10 Å². The van der Waals surface area contributed by atoms with Crippen molar-refractivity contribution >= 4 is 6.29 Å². The molecule has 0 bridgehead atoms. The van der Waals surface area contributed by atoms with Crippen molar-refractivity contribution in [3.63, 3.8) is 0 Å². The van der Waals surface area contributed by atoms with Crippen molar-refractivity contribution in [2.24, 2.45) is 0 Å². The molecule has 12 heavy (non-hydrogen) atoms. The maximum atomic E-state index is 10.00. The lowest BCUT2D eigenvalue weighted by atomic mass is 10.2. The van der Waals surface area contributed by atoms with E-state index < -0.39 is 0 Å². The predicted molar refractivity (Wildman–Crippen MR) is 44.7 cm³/mol. The molecular formula is C8H13N3O. The van der Waals surface area contributed by atoms with Gasteiger partial charge in [0.05, 0.1) is 11.9 Å². The third kappa shape index (κ3) is 2.45. The molecule has 66 valence electrons. The van der Waals surface area contributed by atoms with Gasteiger partial charge in [0.2, 0.25) is 0 Å². The van der Waals surface area contributed by atoms with Crippen molar-refractivity contribution in [2.75, 3.05) is 0 Å². The van der Waals surface area contributed by atoms with E-state index >= 15 is 0 Å². The second-order valence-electron chi connectivity index (χ2n) is 2.76. The SMILES string of the molecule is Cc1cnnn1CCCCC=O. The standard InChI is InChI=1S/C8H13N3O/c1-8-7-9-10-11(8)5-3-2-4-6-12/h6-7H,2-5H2,1H3. The van der Waals surface area contributed by atoms with E-state index in [2.05, 4.69) is 10.3 Å². The maximum absolute atomic E-state index is 10.00. The Labute approximate surface area is 71.6 Å². The van der Waals surface area contributed by atoms with Crippen molar-refractivity contribution in [1.29, 1.82) is 0 Å². The first kappa shape index (κ1) is 8.90. The van der Waals surface area contributed by atoms with Gasteiger partial charge in [-0.25, -0.2) is 4.68 Å². The number of unbranched alkanes of at least 4 members (excludes halogenated alkanes) is 2. The molecule has 0 saturated heterocycles. The normalized spacial score (nSPS) is 10.1. The monoisotopic (exact) mass is 167 g/mol.